The molecule has 2 aromatic rings. The lowest BCUT2D eigenvalue weighted by Gasteiger charge is -2.16. The lowest BCUT2D eigenvalue weighted by molar-refractivity contribution is -0.121. The number of carboxylic acid groups (broad SMARTS) is 1. The summed E-state index contributed by atoms with van der Waals surface area (Å²) in [5.74, 6) is -0.988. The molecule has 0 bridgehead atoms. The minimum Gasteiger partial charge on any atom is -0.478 e. The van der Waals surface area contributed by atoms with Gasteiger partial charge in [0.2, 0.25) is 0 Å². The van der Waals surface area contributed by atoms with Gasteiger partial charge in [0.05, 0.1) is 11.7 Å². The number of aryl methyl sites for hydroxylation is 1. The number of allylic oxidation sites excluding steroid dienone is 1. The van der Waals surface area contributed by atoms with Gasteiger partial charge in [-0.25, -0.2) is 9.18 Å². The Hall–Kier alpha value is -2.79. The van der Waals surface area contributed by atoms with Gasteiger partial charge in [-0.1, -0.05) is 36.4 Å². The van der Waals surface area contributed by atoms with Crippen LogP contribution >= 0.6 is 0 Å². The fourth-order valence-electron chi connectivity index (χ4n) is 3.88. The van der Waals surface area contributed by atoms with Crippen molar-refractivity contribution in [3.05, 3.63) is 83.2 Å². The number of carboxylic acids is 1. The number of hydrogen-bond donors (Lipinski definition) is 2. The molecule has 1 aliphatic rings. The molecular weight excluding hydrogens is 371 g/mol. The monoisotopic (exact) mass is 396 g/mol. The molecule has 3 unspecified atom stereocenters. The molecule has 152 valence electrons. The van der Waals surface area contributed by atoms with Gasteiger partial charge < -0.3 is 10.2 Å². The van der Waals surface area contributed by atoms with Gasteiger partial charge in [-0.05, 0) is 60.6 Å². The number of carbonyl (C=O) groups excluding carboxylic acids is 1. The Bertz CT molecular complexity index is 871. The van der Waals surface area contributed by atoms with E-state index in [0.717, 1.165) is 17.5 Å². The van der Waals surface area contributed by atoms with E-state index in [0.29, 0.717) is 25.7 Å². The predicted molar refractivity (Wildman–Crippen MR) is 108 cm³/mol. The molecule has 0 radical (unpaired) electrons. The summed E-state index contributed by atoms with van der Waals surface area (Å²) in [6, 6.07) is 12.8. The molecule has 0 aliphatic heterocycles. The summed E-state index contributed by atoms with van der Waals surface area (Å²) in [6.45, 7) is 0. The van der Waals surface area contributed by atoms with Crippen molar-refractivity contribution in [2.24, 2.45) is 11.8 Å². The van der Waals surface area contributed by atoms with Crippen LogP contribution in [0.3, 0.4) is 0 Å². The zero-order valence-electron chi connectivity index (χ0n) is 16.1. The third-order valence-corrected chi connectivity index (χ3v) is 5.54. The zero-order chi connectivity index (χ0) is 20.8. The van der Waals surface area contributed by atoms with E-state index in [2.05, 4.69) is 0 Å². The molecule has 4 nitrogen and oxygen atoms in total. The summed E-state index contributed by atoms with van der Waals surface area (Å²) in [7, 11) is 0. The van der Waals surface area contributed by atoms with Crippen LogP contribution in [0.2, 0.25) is 0 Å². The number of carbonyl (C=O) groups is 2. The van der Waals surface area contributed by atoms with Crippen LogP contribution in [-0.4, -0.2) is 28.1 Å². The van der Waals surface area contributed by atoms with E-state index < -0.39 is 12.1 Å². The summed E-state index contributed by atoms with van der Waals surface area (Å²) in [5.41, 5.74) is 2.11. The van der Waals surface area contributed by atoms with Crippen molar-refractivity contribution in [1.82, 2.24) is 0 Å². The van der Waals surface area contributed by atoms with Crippen molar-refractivity contribution < 1.29 is 24.2 Å². The van der Waals surface area contributed by atoms with E-state index in [-0.39, 0.29) is 29.0 Å². The third kappa shape index (κ3) is 5.84. The number of ketones is 1. The third-order valence-electron chi connectivity index (χ3n) is 5.54. The molecule has 0 spiro atoms. The van der Waals surface area contributed by atoms with Gasteiger partial charge in [-0.15, -0.1) is 0 Å². The number of aliphatic hydroxyl groups is 1. The van der Waals surface area contributed by atoms with Gasteiger partial charge in [0.25, 0.3) is 0 Å². The van der Waals surface area contributed by atoms with E-state index >= 15 is 0 Å². The van der Waals surface area contributed by atoms with Gasteiger partial charge in [0, 0.05) is 18.8 Å². The second kappa shape index (κ2) is 9.61. The van der Waals surface area contributed by atoms with E-state index in [4.69, 9.17) is 5.11 Å². The molecule has 0 saturated heterocycles. The van der Waals surface area contributed by atoms with Gasteiger partial charge in [-0.2, -0.15) is 0 Å². The highest BCUT2D eigenvalue weighted by Crippen LogP contribution is 2.33. The molecule has 1 saturated carbocycles. The molecule has 5 heteroatoms. The number of halogens is 1. The van der Waals surface area contributed by atoms with E-state index in [9.17, 15) is 19.1 Å². The highest BCUT2D eigenvalue weighted by atomic mass is 19.1. The number of aliphatic hydroxyl groups excluding tert-OH is 1. The number of aromatic carboxylic acids is 1. The largest absolute Gasteiger partial charge is 0.478 e. The van der Waals surface area contributed by atoms with E-state index in [1.54, 1.807) is 42.5 Å². The normalized spacial score (nSPS) is 20.3. The van der Waals surface area contributed by atoms with Gasteiger partial charge in [0.15, 0.2) is 0 Å². The van der Waals surface area contributed by atoms with Crippen molar-refractivity contribution in [3.8, 4) is 0 Å². The molecule has 0 heterocycles. The summed E-state index contributed by atoms with van der Waals surface area (Å²) < 4.78 is 13.0. The summed E-state index contributed by atoms with van der Waals surface area (Å²) in [5, 5.41) is 19.2. The SMILES string of the molecule is O=C(O)c1ccc(CCC2C(=O)CCC2C=CC(O)Cc2ccc(F)cc2)cc1. The molecule has 3 rings (SSSR count). The van der Waals surface area contributed by atoms with Gasteiger partial charge >= 0.3 is 5.97 Å². The number of Topliss-reactive ketones (excluding diaryl/α,β-unsaturated/α-hetero) is 1. The van der Waals surface area contributed by atoms with E-state index in [1.807, 2.05) is 6.08 Å². The molecule has 0 aromatic heterocycles. The maximum absolute atomic E-state index is 13.0. The van der Waals surface area contributed by atoms with E-state index in [1.165, 1.54) is 12.1 Å². The second-order valence-corrected chi connectivity index (χ2v) is 7.60. The minimum atomic E-state index is -0.952. The Labute approximate surface area is 169 Å². The van der Waals surface area contributed by atoms with Gasteiger partial charge in [-0.3, -0.25) is 4.79 Å². The minimum absolute atomic E-state index is 0.0802. The second-order valence-electron chi connectivity index (χ2n) is 7.60. The standard InChI is InChI=1S/C24H25FO4/c25-20-10-3-17(4-11-20)15-21(26)12-8-18-9-14-23(27)22(18)13-5-16-1-6-19(7-2-16)24(28)29/h1-4,6-8,10-12,18,21-22,26H,5,9,13-15H2,(H,28,29). The van der Waals surface area contributed by atoms with Crippen LogP contribution < -0.4 is 0 Å². The first-order chi connectivity index (χ1) is 13.9. The molecule has 3 atom stereocenters. The summed E-state index contributed by atoms with van der Waals surface area (Å²) in [6.07, 6.45) is 6.14. The Morgan fingerprint density at radius 3 is 2.41 bits per heavy atom. The maximum Gasteiger partial charge on any atom is 0.335 e. The first-order valence-corrected chi connectivity index (χ1v) is 9.88. The number of hydrogen-bond acceptors (Lipinski definition) is 3. The predicted octanol–water partition coefficient (Wildman–Crippen LogP) is 4.21. The zero-order valence-corrected chi connectivity index (χ0v) is 16.1. The van der Waals surface area contributed by atoms with Crippen LogP contribution in [0.1, 0.15) is 40.7 Å². The lowest BCUT2D eigenvalue weighted by Crippen LogP contribution is -2.15. The fraction of sp³-hybridized carbons (Fsp3) is 0.333. The molecular formula is C24H25FO4. The smallest absolute Gasteiger partial charge is 0.335 e. The Kier molecular flexibility index (Phi) is 6.94. The van der Waals surface area contributed by atoms with Crippen LogP contribution in [0, 0.1) is 17.7 Å². The average Bonchev–Trinajstić information content (AvgIpc) is 3.06. The van der Waals surface area contributed by atoms with Crippen molar-refractivity contribution in [3.63, 3.8) is 0 Å². The number of benzene rings is 2. The first kappa shape index (κ1) is 20.9. The van der Waals surface area contributed by atoms with Crippen LogP contribution in [0.25, 0.3) is 0 Å². The Balaban J connectivity index is 1.55. The van der Waals surface area contributed by atoms with Crippen LogP contribution in [0.4, 0.5) is 4.39 Å². The maximum atomic E-state index is 13.0. The van der Waals surface area contributed by atoms with Gasteiger partial charge in [0.1, 0.15) is 11.6 Å². The molecule has 1 fully saturated rings. The van der Waals surface area contributed by atoms with Crippen molar-refractivity contribution in [1.29, 1.82) is 0 Å². The van der Waals surface area contributed by atoms with Crippen molar-refractivity contribution >= 4 is 11.8 Å². The average molecular weight is 396 g/mol. The first-order valence-electron chi connectivity index (χ1n) is 9.88. The van der Waals surface area contributed by atoms with Crippen molar-refractivity contribution in [2.45, 2.75) is 38.2 Å². The molecule has 1 aliphatic carbocycles. The highest BCUT2D eigenvalue weighted by molar-refractivity contribution is 5.87. The fourth-order valence-corrected chi connectivity index (χ4v) is 3.88. The van der Waals surface area contributed by atoms with Crippen molar-refractivity contribution in [2.75, 3.05) is 0 Å². The summed E-state index contributed by atoms with van der Waals surface area (Å²) in [4.78, 5) is 23.2. The quantitative estimate of drug-likeness (QED) is 0.656. The molecule has 29 heavy (non-hydrogen) atoms. The summed E-state index contributed by atoms with van der Waals surface area (Å²) >= 11 is 0. The number of rotatable bonds is 8. The highest BCUT2D eigenvalue weighted by Gasteiger charge is 2.32. The molecule has 2 aromatic carbocycles. The topological polar surface area (TPSA) is 74.6 Å². The Morgan fingerprint density at radius 2 is 1.76 bits per heavy atom. The van der Waals surface area contributed by atoms with Crippen LogP contribution in [-0.2, 0) is 17.6 Å². The lowest BCUT2D eigenvalue weighted by atomic mass is 9.88. The molecule has 0 amide bonds. The Morgan fingerprint density at radius 1 is 1.10 bits per heavy atom. The van der Waals surface area contributed by atoms with Crippen LogP contribution in [0.15, 0.2) is 60.7 Å². The van der Waals surface area contributed by atoms with Crippen LogP contribution in [0.5, 0.6) is 0 Å². The molecule has 2 N–H and O–H groups in total.